The minimum absolute atomic E-state index is 0.202. The molecule has 0 fully saturated rings. The molecule has 100 valence electrons. The van der Waals surface area contributed by atoms with Gasteiger partial charge in [0, 0.05) is 17.2 Å². The summed E-state index contributed by atoms with van der Waals surface area (Å²) in [6.45, 7) is 2.82. The number of hydrogen-bond donors (Lipinski definition) is 2. The lowest BCUT2D eigenvalue weighted by atomic mass is 10.2. The highest BCUT2D eigenvalue weighted by Crippen LogP contribution is 2.17. The van der Waals surface area contributed by atoms with E-state index in [1.807, 2.05) is 6.92 Å². The van der Waals surface area contributed by atoms with Crippen LogP contribution in [0.1, 0.15) is 23.1 Å². The second-order valence-electron chi connectivity index (χ2n) is 3.61. The van der Waals surface area contributed by atoms with Crippen LogP contribution in [0.15, 0.2) is 27.7 Å². The van der Waals surface area contributed by atoms with E-state index in [0.29, 0.717) is 23.8 Å². The van der Waals surface area contributed by atoms with Gasteiger partial charge in [0.2, 0.25) is 6.39 Å². The van der Waals surface area contributed by atoms with Gasteiger partial charge in [0.15, 0.2) is 5.82 Å². The Kier molecular flexibility index (Phi) is 4.45. The van der Waals surface area contributed by atoms with Crippen molar-refractivity contribution in [1.29, 1.82) is 0 Å². The van der Waals surface area contributed by atoms with Gasteiger partial charge in [-0.15, -0.1) is 0 Å². The molecule has 0 atom stereocenters. The smallest absolute Gasteiger partial charge is 0.255 e. The molecule has 0 aliphatic rings. The molecule has 7 nitrogen and oxygen atoms in total. The number of carbonyl (C=O) groups is 1. The first-order valence-electron chi connectivity index (χ1n) is 5.63. The molecule has 0 radical (unpaired) electrons. The molecule has 0 unspecified atom stereocenters. The zero-order valence-corrected chi connectivity index (χ0v) is 11.8. The summed E-state index contributed by atoms with van der Waals surface area (Å²) in [5.41, 5.74) is 0.458. The molecular weight excluding hydrogens is 314 g/mol. The van der Waals surface area contributed by atoms with E-state index >= 15 is 0 Å². The van der Waals surface area contributed by atoms with Crippen molar-refractivity contribution in [2.75, 3.05) is 11.9 Å². The average Bonchev–Trinajstić information content (AvgIpc) is 2.91. The lowest BCUT2D eigenvalue weighted by Gasteiger charge is -2.09. The monoisotopic (exact) mass is 325 g/mol. The summed E-state index contributed by atoms with van der Waals surface area (Å²) in [7, 11) is 0. The molecule has 0 saturated heterocycles. The Morgan fingerprint density at radius 2 is 2.32 bits per heavy atom. The third kappa shape index (κ3) is 3.50. The van der Waals surface area contributed by atoms with Crippen LogP contribution in [0.2, 0.25) is 0 Å². The van der Waals surface area contributed by atoms with E-state index < -0.39 is 0 Å². The highest BCUT2D eigenvalue weighted by molar-refractivity contribution is 9.10. The van der Waals surface area contributed by atoms with E-state index in [1.165, 1.54) is 6.39 Å². The topological polar surface area (TPSA) is 92.9 Å². The van der Waals surface area contributed by atoms with Crippen molar-refractivity contribution >= 4 is 27.7 Å². The van der Waals surface area contributed by atoms with Crippen LogP contribution < -0.4 is 10.6 Å². The van der Waals surface area contributed by atoms with Gasteiger partial charge in [0.05, 0.1) is 12.1 Å². The van der Waals surface area contributed by atoms with E-state index in [9.17, 15) is 4.79 Å². The predicted molar refractivity (Wildman–Crippen MR) is 71.6 cm³/mol. The highest BCUT2D eigenvalue weighted by atomic mass is 79.9. The van der Waals surface area contributed by atoms with Crippen molar-refractivity contribution < 1.29 is 9.32 Å². The molecule has 2 N–H and O–H groups in total. The fourth-order valence-corrected chi connectivity index (χ4v) is 1.78. The summed E-state index contributed by atoms with van der Waals surface area (Å²) < 4.78 is 5.32. The molecule has 0 spiro atoms. The summed E-state index contributed by atoms with van der Waals surface area (Å²) in [5.74, 6) is 0.701. The van der Waals surface area contributed by atoms with Gasteiger partial charge >= 0.3 is 0 Å². The Morgan fingerprint density at radius 1 is 1.47 bits per heavy atom. The van der Waals surface area contributed by atoms with Crippen molar-refractivity contribution in [2.24, 2.45) is 0 Å². The van der Waals surface area contributed by atoms with E-state index in [1.54, 1.807) is 12.3 Å². The van der Waals surface area contributed by atoms with Crippen LogP contribution in [-0.4, -0.2) is 27.6 Å². The minimum atomic E-state index is -0.255. The van der Waals surface area contributed by atoms with Crippen LogP contribution in [0.25, 0.3) is 0 Å². The highest BCUT2D eigenvalue weighted by Gasteiger charge is 2.13. The fraction of sp³-hybridized carbons (Fsp3) is 0.273. The van der Waals surface area contributed by atoms with Gasteiger partial charge in [0.1, 0.15) is 5.82 Å². The molecule has 0 saturated carbocycles. The number of nitrogens with one attached hydrogen (secondary N) is 2. The molecule has 0 aliphatic carbocycles. The zero-order valence-electron chi connectivity index (χ0n) is 10.2. The molecule has 0 aromatic carbocycles. The Morgan fingerprint density at radius 3 is 3.00 bits per heavy atom. The molecule has 0 aliphatic heterocycles. The summed E-state index contributed by atoms with van der Waals surface area (Å²) >= 11 is 3.30. The van der Waals surface area contributed by atoms with Gasteiger partial charge in [0.25, 0.3) is 5.91 Å². The van der Waals surface area contributed by atoms with Gasteiger partial charge in [-0.25, -0.2) is 4.98 Å². The maximum atomic E-state index is 12.1. The quantitative estimate of drug-likeness (QED) is 0.867. The molecule has 2 rings (SSSR count). The first-order chi connectivity index (χ1) is 9.20. The van der Waals surface area contributed by atoms with Gasteiger partial charge < -0.3 is 15.2 Å². The minimum Gasteiger partial charge on any atom is -0.370 e. The lowest BCUT2D eigenvalue weighted by Crippen LogP contribution is -2.25. The maximum Gasteiger partial charge on any atom is 0.255 e. The van der Waals surface area contributed by atoms with Crippen molar-refractivity contribution in [1.82, 2.24) is 20.4 Å². The van der Waals surface area contributed by atoms with Gasteiger partial charge in [-0.3, -0.25) is 4.79 Å². The molecule has 2 aromatic rings. The molecule has 2 aromatic heterocycles. The number of rotatable bonds is 5. The Labute approximate surface area is 117 Å². The van der Waals surface area contributed by atoms with E-state index in [4.69, 9.17) is 0 Å². The first kappa shape index (κ1) is 13.5. The van der Waals surface area contributed by atoms with Crippen LogP contribution in [0.4, 0.5) is 5.82 Å². The summed E-state index contributed by atoms with van der Waals surface area (Å²) in [6, 6.07) is 1.70. The van der Waals surface area contributed by atoms with Crippen LogP contribution in [0.5, 0.6) is 0 Å². The number of aromatic nitrogens is 3. The predicted octanol–water partition coefficient (Wildman–Crippen LogP) is 1.59. The Hall–Kier alpha value is -1.96. The summed E-state index contributed by atoms with van der Waals surface area (Å²) in [5, 5.41) is 9.35. The van der Waals surface area contributed by atoms with Crippen molar-refractivity contribution in [3.05, 3.63) is 34.5 Å². The van der Waals surface area contributed by atoms with Crippen LogP contribution in [0, 0.1) is 0 Å². The normalized spacial score (nSPS) is 10.2. The maximum absolute atomic E-state index is 12.1. The Balaban J connectivity index is 2.11. The van der Waals surface area contributed by atoms with Crippen LogP contribution in [-0.2, 0) is 6.54 Å². The SMILES string of the molecule is CCNc1ncc(Br)cc1C(=O)NCc1ncon1. The number of anilines is 1. The fourth-order valence-electron chi connectivity index (χ4n) is 1.45. The van der Waals surface area contributed by atoms with E-state index in [-0.39, 0.29) is 12.5 Å². The first-order valence-corrected chi connectivity index (χ1v) is 6.43. The Bertz CT molecular complexity index is 558. The number of halogens is 1. The van der Waals surface area contributed by atoms with Gasteiger partial charge in [-0.1, -0.05) is 5.16 Å². The van der Waals surface area contributed by atoms with E-state index in [2.05, 4.69) is 46.2 Å². The second-order valence-corrected chi connectivity index (χ2v) is 4.53. The zero-order chi connectivity index (χ0) is 13.7. The largest absolute Gasteiger partial charge is 0.370 e. The summed E-state index contributed by atoms with van der Waals surface area (Å²) in [4.78, 5) is 20.1. The third-order valence-corrected chi connectivity index (χ3v) is 2.69. The van der Waals surface area contributed by atoms with Gasteiger partial charge in [-0.05, 0) is 28.9 Å². The molecule has 8 heteroatoms. The van der Waals surface area contributed by atoms with Gasteiger partial charge in [-0.2, -0.15) is 4.98 Å². The second kappa shape index (κ2) is 6.28. The summed E-state index contributed by atoms with van der Waals surface area (Å²) in [6.07, 6.45) is 2.85. The molecular formula is C11H12BrN5O2. The molecule has 0 bridgehead atoms. The lowest BCUT2D eigenvalue weighted by molar-refractivity contribution is 0.0950. The van der Waals surface area contributed by atoms with Crippen molar-refractivity contribution in [3.63, 3.8) is 0 Å². The third-order valence-electron chi connectivity index (χ3n) is 2.26. The number of pyridine rings is 1. The molecule has 19 heavy (non-hydrogen) atoms. The molecule has 1 amide bonds. The standard InChI is InChI=1S/C11H12BrN5O2/c1-2-13-10-8(3-7(12)4-14-10)11(18)15-5-9-16-6-19-17-9/h3-4,6H,2,5H2,1H3,(H,13,14)(H,15,18). The van der Waals surface area contributed by atoms with Crippen LogP contribution >= 0.6 is 15.9 Å². The number of hydrogen-bond acceptors (Lipinski definition) is 6. The number of nitrogens with zero attached hydrogens (tertiary/aromatic N) is 3. The van der Waals surface area contributed by atoms with E-state index in [0.717, 1.165) is 4.47 Å². The van der Waals surface area contributed by atoms with Crippen molar-refractivity contribution in [2.45, 2.75) is 13.5 Å². The average molecular weight is 326 g/mol. The number of carbonyl (C=O) groups excluding carboxylic acids is 1. The van der Waals surface area contributed by atoms with Crippen molar-refractivity contribution in [3.8, 4) is 0 Å². The number of amides is 1. The van der Waals surface area contributed by atoms with Crippen LogP contribution in [0.3, 0.4) is 0 Å². The molecule has 2 heterocycles.